The van der Waals surface area contributed by atoms with Crippen LogP contribution in [-0.2, 0) is 0 Å². The molecule has 2 N–H and O–H groups in total. The number of carbonyl (C=O) groups is 1. The van der Waals surface area contributed by atoms with Crippen molar-refractivity contribution >= 4 is 6.03 Å². The Hall–Kier alpha value is -1.78. The van der Waals surface area contributed by atoms with Crippen LogP contribution in [0.4, 0.5) is 9.18 Å². The summed E-state index contributed by atoms with van der Waals surface area (Å²) in [6.07, 6.45) is 0.592. The molecule has 1 saturated heterocycles. The van der Waals surface area contributed by atoms with E-state index < -0.39 is 5.72 Å². The van der Waals surface area contributed by atoms with E-state index in [0.717, 1.165) is 0 Å². The molecule has 2 aliphatic rings. The highest BCUT2D eigenvalue weighted by Gasteiger charge is 2.43. The molecule has 0 saturated carbocycles. The molecule has 3 rings (SSSR count). The SMILES string of the molecule is CC12CC(NC(=O)N1)c1cc(F)ccc1O2. The largest absolute Gasteiger partial charge is 0.468 e. The van der Waals surface area contributed by atoms with Crippen molar-refractivity contribution in [2.75, 3.05) is 0 Å². The molecule has 0 aromatic heterocycles. The molecule has 16 heavy (non-hydrogen) atoms. The van der Waals surface area contributed by atoms with E-state index in [1.54, 1.807) is 6.07 Å². The number of urea groups is 1. The third kappa shape index (κ3) is 1.31. The molecule has 2 unspecified atom stereocenters. The molecule has 5 heteroatoms. The second-order valence-electron chi connectivity index (χ2n) is 4.37. The van der Waals surface area contributed by atoms with Crippen LogP contribution in [0, 0.1) is 5.82 Å². The van der Waals surface area contributed by atoms with Crippen LogP contribution in [-0.4, -0.2) is 11.8 Å². The van der Waals surface area contributed by atoms with Crippen molar-refractivity contribution in [3.05, 3.63) is 29.6 Å². The van der Waals surface area contributed by atoms with Crippen molar-refractivity contribution in [1.82, 2.24) is 10.6 Å². The molecule has 2 atom stereocenters. The second kappa shape index (κ2) is 2.87. The molecule has 0 spiro atoms. The summed E-state index contributed by atoms with van der Waals surface area (Å²) in [6, 6.07) is 3.89. The van der Waals surface area contributed by atoms with Gasteiger partial charge in [-0.25, -0.2) is 9.18 Å². The first kappa shape index (κ1) is 9.45. The lowest BCUT2D eigenvalue weighted by Gasteiger charge is -2.44. The van der Waals surface area contributed by atoms with Gasteiger partial charge in [-0.05, 0) is 25.1 Å². The Morgan fingerprint density at radius 1 is 1.56 bits per heavy atom. The predicted molar refractivity (Wildman–Crippen MR) is 54.5 cm³/mol. The average Bonchev–Trinajstić information content (AvgIpc) is 2.17. The van der Waals surface area contributed by atoms with Gasteiger partial charge in [0.2, 0.25) is 0 Å². The number of fused-ring (bicyclic) bond motifs is 4. The second-order valence-corrected chi connectivity index (χ2v) is 4.37. The van der Waals surface area contributed by atoms with Crippen molar-refractivity contribution in [3.8, 4) is 5.75 Å². The number of rotatable bonds is 0. The molecule has 0 radical (unpaired) electrons. The molecule has 0 aliphatic carbocycles. The Morgan fingerprint density at radius 3 is 3.19 bits per heavy atom. The van der Waals surface area contributed by atoms with Crippen molar-refractivity contribution in [1.29, 1.82) is 0 Å². The number of halogens is 1. The third-order valence-electron chi connectivity index (χ3n) is 2.96. The summed E-state index contributed by atoms with van der Waals surface area (Å²) in [5.74, 6) is 0.298. The van der Waals surface area contributed by atoms with Crippen LogP contribution in [0.2, 0.25) is 0 Å². The van der Waals surface area contributed by atoms with Gasteiger partial charge in [-0.3, -0.25) is 0 Å². The minimum atomic E-state index is -0.697. The summed E-state index contributed by atoms with van der Waals surface area (Å²) in [7, 11) is 0. The van der Waals surface area contributed by atoms with Gasteiger partial charge in [0, 0.05) is 12.0 Å². The molecule has 2 heterocycles. The topological polar surface area (TPSA) is 50.4 Å². The van der Waals surface area contributed by atoms with Gasteiger partial charge in [0.25, 0.3) is 0 Å². The lowest BCUT2D eigenvalue weighted by Crippen LogP contribution is -2.62. The molecule has 2 aliphatic heterocycles. The molecule has 4 nitrogen and oxygen atoms in total. The number of nitrogens with one attached hydrogen (secondary N) is 2. The van der Waals surface area contributed by atoms with Crippen LogP contribution < -0.4 is 15.4 Å². The molecule has 2 amide bonds. The van der Waals surface area contributed by atoms with E-state index in [1.807, 2.05) is 6.92 Å². The van der Waals surface area contributed by atoms with Crippen molar-refractivity contribution in [2.24, 2.45) is 0 Å². The monoisotopic (exact) mass is 222 g/mol. The minimum Gasteiger partial charge on any atom is -0.468 e. The van der Waals surface area contributed by atoms with Crippen LogP contribution in [0.1, 0.15) is 24.9 Å². The smallest absolute Gasteiger partial charge is 0.318 e. The fourth-order valence-electron chi connectivity index (χ4n) is 2.31. The Labute approximate surface area is 91.8 Å². The Balaban J connectivity index is 2.10. The first-order valence-electron chi connectivity index (χ1n) is 5.13. The lowest BCUT2D eigenvalue weighted by molar-refractivity contribution is 0.0117. The maximum atomic E-state index is 13.1. The van der Waals surface area contributed by atoms with Gasteiger partial charge in [0.05, 0.1) is 6.04 Å². The Bertz CT molecular complexity index is 477. The average molecular weight is 222 g/mol. The highest BCUT2D eigenvalue weighted by Crippen LogP contribution is 2.40. The van der Waals surface area contributed by atoms with Crippen LogP contribution in [0.5, 0.6) is 5.75 Å². The van der Waals surface area contributed by atoms with Gasteiger partial charge < -0.3 is 15.4 Å². The van der Waals surface area contributed by atoms with E-state index in [2.05, 4.69) is 10.6 Å². The Kier molecular flexibility index (Phi) is 1.70. The molecule has 1 aromatic carbocycles. The van der Waals surface area contributed by atoms with E-state index in [9.17, 15) is 9.18 Å². The molecular weight excluding hydrogens is 211 g/mol. The fraction of sp³-hybridized carbons (Fsp3) is 0.364. The highest BCUT2D eigenvalue weighted by atomic mass is 19.1. The van der Waals surface area contributed by atoms with Crippen LogP contribution >= 0.6 is 0 Å². The first-order valence-corrected chi connectivity index (χ1v) is 5.13. The first-order chi connectivity index (χ1) is 7.56. The van der Waals surface area contributed by atoms with Gasteiger partial charge in [0.15, 0.2) is 5.72 Å². The number of amides is 2. The van der Waals surface area contributed by atoms with Gasteiger partial charge in [0.1, 0.15) is 11.6 Å². The number of hydrogen-bond donors (Lipinski definition) is 2. The van der Waals surface area contributed by atoms with E-state index in [4.69, 9.17) is 4.74 Å². The van der Waals surface area contributed by atoms with Gasteiger partial charge in [-0.15, -0.1) is 0 Å². The van der Waals surface area contributed by atoms with Crippen LogP contribution in [0.25, 0.3) is 0 Å². The number of ether oxygens (including phenoxy) is 1. The zero-order valence-electron chi connectivity index (χ0n) is 8.71. The highest BCUT2D eigenvalue weighted by molar-refractivity contribution is 5.77. The molecule has 2 bridgehead atoms. The zero-order valence-corrected chi connectivity index (χ0v) is 8.71. The van der Waals surface area contributed by atoms with Crippen molar-refractivity contribution in [2.45, 2.75) is 25.1 Å². The quantitative estimate of drug-likeness (QED) is 0.701. The number of hydrogen-bond acceptors (Lipinski definition) is 2. The van der Waals surface area contributed by atoms with Crippen LogP contribution in [0.3, 0.4) is 0 Å². The predicted octanol–water partition coefficient (Wildman–Crippen LogP) is 1.68. The van der Waals surface area contributed by atoms with E-state index in [0.29, 0.717) is 17.7 Å². The zero-order chi connectivity index (χ0) is 11.3. The molecule has 1 fully saturated rings. The van der Waals surface area contributed by atoms with E-state index in [-0.39, 0.29) is 17.9 Å². The summed E-state index contributed by atoms with van der Waals surface area (Å²) < 4.78 is 18.8. The summed E-state index contributed by atoms with van der Waals surface area (Å²) in [6.45, 7) is 1.81. The van der Waals surface area contributed by atoms with E-state index in [1.165, 1.54) is 12.1 Å². The number of carbonyl (C=O) groups excluding carboxylic acids is 1. The standard InChI is InChI=1S/C11H11FN2O2/c1-11-5-8(13-10(15)14-11)7-4-6(12)2-3-9(7)16-11/h2-4,8H,5H2,1H3,(H2,13,14,15). The normalized spacial score (nSPS) is 30.9. The molecule has 84 valence electrons. The summed E-state index contributed by atoms with van der Waals surface area (Å²) in [5.41, 5.74) is 0.00463. The van der Waals surface area contributed by atoms with Gasteiger partial charge in [-0.1, -0.05) is 0 Å². The van der Waals surface area contributed by atoms with E-state index >= 15 is 0 Å². The summed E-state index contributed by atoms with van der Waals surface area (Å²) in [4.78, 5) is 11.4. The fourth-order valence-corrected chi connectivity index (χ4v) is 2.31. The van der Waals surface area contributed by atoms with Crippen molar-refractivity contribution < 1.29 is 13.9 Å². The van der Waals surface area contributed by atoms with Crippen molar-refractivity contribution in [3.63, 3.8) is 0 Å². The lowest BCUT2D eigenvalue weighted by atomic mass is 9.92. The van der Waals surface area contributed by atoms with Crippen LogP contribution in [0.15, 0.2) is 18.2 Å². The maximum Gasteiger partial charge on any atom is 0.318 e. The number of benzene rings is 1. The van der Waals surface area contributed by atoms with Gasteiger partial charge in [-0.2, -0.15) is 0 Å². The molecular formula is C11H11FN2O2. The minimum absolute atomic E-state index is 0.182. The Morgan fingerprint density at radius 2 is 2.38 bits per heavy atom. The molecule has 1 aromatic rings. The summed E-state index contributed by atoms with van der Waals surface area (Å²) in [5, 5.41) is 5.47. The van der Waals surface area contributed by atoms with Gasteiger partial charge >= 0.3 is 6.03 Å². The summed E-state index contributed by atoms with van der Waals surface area (Å²) >= 11 is 0. The third-order valence-corrected chi connectivity index (χ3v) is 2.96. The maximum absolute atomic E-state index is 13.1.